The van der Waals surface area contributed by atoms with Gasteiger partial charge in [-0.25, -0.2) is 0 Å². The zero-order valence-electron chi connectivity index (χ0n) is 10.9. The fraction of sp³-hybridized carbons (Fsp3) is 0.571. The Balaban J connectivity index is 2.05. The second-order valence-electron chi connectivity index (χ2n) is 5.35. The van der Waals surface area contributed by atoms with Crippen molar-refractivity contribution in [1.82, 2.24) is 0 Å². The van der Waals surface area contributed by atoms with Crippen LogP contribution in [0.25, 0.3) is 0 Å². The van der Waals surface area contributed by atoms with Gasteiger partial charge in [0.1, 0.15) is 0 Å². The van der Waals surface area contributed by atoms with Crippen molar-refractivity contribution in [3.8, 4) is 0 Å². The van der Waals surface area contributed by atoms with E-state index in [1.165, 1.54) is 18.9 Å². The van der Waals surface area contributed by atoms with Crippen molar-refractivity contribution in [2.24, 2.45) is 11.8 Å². The van der Waals surface area contributed by atoms with Crippen LogP contribution in [0, 0.1) is 11.8 Å². The molecule has 1 saturated carbocycles. The summed E-state index contributed by atoms with van der Waals surface area (Å²) in [4.78, 5) is 0. The van der Waals surface area contributed by atoms with Gasteiger partial charge in [-0.3, -0.25) is 0 Å². The summed E-state index contributed by atoms with van der Waals surface area (Å²) in [5.74, 6) is 1.19. The highest BCUT2D eigenvalue weighted by Crippen LogP contribution is 2.36. The third-order valence-electron chi connectivity index (χ3n) is 3.97. The molecule has 2 atom stereocenters. The van der Waals surface area contributed by atoms with Gasteiger partial charge in [-0.15, -0.1) is 0 Å². The minimum Gasteiger partial charge on any atom is -0.398 e. The van der Waals surface area contributed by atoms with E-state index in [0.717, 1.165) is 19.0 Å². The Morgan fingerprint density at radius 1 is 1.32 bits per heavy atom. The quantitative estimate of drug-likeness (QED) is 0.812. The number of halogens is 3. The number of nitrogens with two attached hydrogens (primary N) is 1. The fourth-order valence-electron chi connectivity index (χ4n) is 2.69. The van der Waals surface area contributed by atoms with Crippen LogP contribution in [0.15, 0.2) is 18.2 Å². The average Bonchev–Trinajstić information content (AvgIpc) is 2.72. The molecule has 2 unspecified atom stereocenters. The van der Waals surface area contributed by atoms with Gasteiger partial charge in [-0.2, -0.15) is 13.2 Å². The van der Waals surface area contributed by atoms with Gasteiger partial charge in [0.2, 0.25) is 0 Å². The highest BCUT2D eigenvalue weighted by atomic mass is 19.4. The Labute approximate surface area is 111 Å². The summed E-state index contributed by atoms with van der Waals surface area (Å²) < 4.78 is 38.2. The molecule has 1 aromatic carbocycles. The van der Waals surface area contributed by atoms with Crippen LogP contribution < -0.4 is 11.1 Å². The molecule has 19 heavy (non-hydrogen) atoms. The molecular formula is C14H19F3N2. The Morgan fingerprint density at radius 3 is 2.63 bits per heavy atom. The summed E-state index contributed by atoms with van der Waals surface area (Å²) >= 11 is 0. The lowest BCUT2D eigenvalue weighted by molar-refractivity contribution is -0.136. The van der Waals surface area contributed by atoms with Crippen molar-refractivity contribution in [1.29, 1.82) is 0 Å². The number of benzene rings is 1. The third-order valence-corrected chi connectivity index (χ3v) is 3.97. The van der Waals surface area contributed by atoms with Crippen LogP contribution in [-0.2, 0) is 6.18 Å². The van der Waals surface area contributed by atoms with Gasteiger partial charge in [0, 0.05) is 17.9 Å². The lowest BCUT2D eigenvalue weighted by atomic mass is 9.98. The maximum Gasteiger partial charge on any atom is 0.418 e. The standard InChI is InChI=1S/C14H19F3N2/c1-9-3-2-4-10(9)8-19-11-5-6-13(18)12(7-11)14(15,16)17/h5-7,9-10,19H,2-4,8,18H2,1H3. The normalized spacial score (nSPS) is 23.6. The number of nitrogen functional groups attached to an aromatic ring is 1. The van der Waals surface area contributed by atoms with Crippen LogP contribution in [0.4, 0.5) is 24.5 Å². The molecule has 1 aliphatic rings. The number of hydrogen-bond donors (Lipinski definition) is 2. The summed E-state index contributed by atoms with van der Waals surface area (Å²) in [6.07, 6.45) is -0.831. The van der Waals surface area contributed by atoms with Crippen LogP contribution in [0.5, 0.6) is 0 Å². The molecule has 5 heteroatoms. The van der Waals surface area contributed by atoms with Gasteiger partial charge in [0.15, 0.2) is 0 Å². The lowest BCUT2D eigenvalue weighted by Crippen LogP contribution is -2.17. The Kier molecular flexibility index (Phi) is 3.92. The molecule has 0 heterocycles. The van der Waals surface area contributed by atoms with Gasteiger partial charge in [0.25, 0.3) is 0 Å². The van der Waals surface area contributed by atoms with Crippen molar-refractivity contribution in [2.75, 3.05) is 17.6 Å². The molecule has 1 fully saturated rings. The van der Waals surface area contributed by atoms with Gasteiger partial charge in [-0.05, 0) is 36.5 Å². The minimum absolute atomic E-state index is 0.229. The Bertz CT molecular complexity index is 443. The van der Waals surface area contributed by atoms with E-state index in [2.05, 4.69) is 12.2 Å². The topological polar surface area (TPSA) is 38.0 Å². The van der Waals surface area contributed by atoms with Gasteiger partial charge in [-0.1, -0.05) is 19.8 Å². The van der Waals surface area contributed by atoms with Crippen molar-refractivity contribution < 1.29 is 13.2 Å². The van der Waals surface area contributed by atoms with E-state index < -0.39 is 11.7 Å². The molecule has 0 aromatic heterocycles. The van der Waals surface area contributed by atoms with E-state index in [-0.39, 0.29) is 5.69 Å². The molecule has 0 saturated heterocycles. The molecule has 1 aromatic rings. The van der Waals surface area contributed by atoms with Gasteiger partial charge >= 0.3 is 6.18 Å². The largest absolute Gasteiger partial charge is 0.418 e. The first kappa shape index (κ1) is 14.0. The maximum absolute atomic E-state index is 12.7. The smallest absolute Gasteiger partial charge is 0.398 e. The zero-order valence-corrected chi connectivity index (χ0v) is 10.9. The summed E-state index contributed by atoms with van der Waals surface area (Å²) in [5.41, 5.74) is 4.86. The van der Waals surface area contributed by atoms with Crippen molar-refractivity contribution in [3.05, 3.63) is 23.8 Å². The van der Waals surface area contributed by atoms with Crippen LogP contribution >= 0.6 is 0 Å². The SMILES string of the molecule is CC1CCCC1CNc1ccc(N)c(C(F)(F)F)c1. The van der Waals surface area contributed by atoms with E-state index in [1.807, 2.05) is 0 Å². The van der Waals surface area contributed by atoms with Crippen molar-refractivity contribution in [3.63, 3.8) is 0 Å². The monoisotopic (exact) mass is 272 g/mol. The molecule has 3 N–H and O–H groups in total. The number of rotatable bonds is 3. The fourth-order valence-corrected chi connectivity index (χ4v) is 2.69. The molecule has 0 aliphatic heterocycles. The van der Waals surface area contributed by atoms with E-state index in [9.17, 15) is 13.2 Å². The first-order valence-electron chi connectivity index (χ1n) is 6.58. The molecule has 106 valence electrons. The first-order chi connectivity index (χ1) is 8.88. The van der Waals surface area contributed by atoms with Crippen LogP contribution in [0.2, 0.25) is 0 Å². The van der Waals surface area contributed by atoms with E-state index in [0.29, 0.717) is 17.5 Å². The third kappa shape index (κ3) is 3.33. The zero-order chi connectivity index (χ0) is 14.0. The molecular weight excluding hydrogens is 253 g/mol. The van der Waals surface area contributed by atoms with Gasteiger partial charge < -0.3 is 11.1 Å². The molecule has 0 bridgehead atoms. The number of anilines is 2. The summed E-state index contributed by atoms with van der Waals surface area (Å²) in [5, 5.41) is 3.10. The van der Waals surface area contributed by atoms with E-state index in [4.69, 9.17) is 5.73 Å². The lowest BCUT2D eigenvalue weighted by Gasteiger charge is -2.18. The summed E-state index contributed by atoms with van der Waals surface area (Å²) in [6, 6.07) is 4.00. The Morgan fingerprint density at radius 2 is 2.05 bits per heavy atom. The van der Waals surface area contributed by atoms with Crippen molar-refractivity contribution >= 4 is 11.4 Å². The molecule has 2 nitrogen and oxygen atoms in total. The molecule has 0 radical (unpaired) electrons. The second-order valence-corrected chi connectivity index (χ2v) is 5.35. The average molecular weight is 272 g/mol. The number of hydrogen-bond acceptors (Lipinski definition) is 2. The predicted molar refractivity (Wildman–Crippen MR) is 70.9 cm³/mol. The van der Waals surface area contributed by atoms with Crippen molar-refractivity contribution in [2.45, 2.75) is 32.4 Å². The first-order valence-corrected chi connectivity index (χ1v) is 6.58. The summed E-state index contributed by atoms with van der Waals surface area (Å²) in [6.45, 7) is 2.92. The second kappa shape index (κ2) is 5.31. The highest BCUT2D eigenvalue weighted by Gasteiger charge is 2.33. The van der Waals surface area contributed by atoms with E-state index in [1.54, 1.807) is 6.07 Å². The number of alkyl halides is 3. The Hall–Kier alpha value is -1.39. The van der Waals surface area contributed by atoms with Gasteiger partial charge in [0.05, 0.1) is 5.56 Å². The predicted octanol–water partition coefficient (Wildman–Crippen LogP) is 4.14. The highest BCUT2D eigenvalue weighted by molar-refractivity contribution is 5.58. The minimum atomic E-state index is -4.40. The summed E-state index contributed by atoms with van der Waals surface area (Å²) in [7, 11) is 0. The molecule has 0 spiro atoms. The van der Waals surface area contributed by atoms with Crippen LogP contribution in [-0.4, -0.2) is 6.54 Å². The maximum atomic E-state index is 12.7. The molecule has 2 rings (SSSR count). The molecule has 1 aliphatic carbocycles. The molecule has 0 amide bonds. The number of nitrogens with one attached hydrogen (secondary N) is 1. The van der Waals surface area contributed by atoms with Crippen LogP contribution in [0.3, 0.4) is 0 Å². The van der Waals surface area contributed by atoms with E-state index >= 15 is 0 Å². The van der Waals surface area contributed by atoms with Crippen LogP contribution in [0.1, 0.15) is 31.7 Å².